The molecule has 0 aromatic heterocycles. The average molecular weight is 443 g/mol. The number of rotatable bonds is 4. The Morgan fingerprint density at radius 2 is 1.73 bits per heavy atom. The summed E-state index contributed by atoms with van der Waals surface area (Å²) in [6.45, 7) is 3.77. The van der Waals surface area contributed by atoms with Crippen molar-refractivity contribution in [1.82, 2.24) is 4.31 Å². The molecule has 0 spiro atoms. The minimum absolute atomic E-state index is 0.0345. The molecule has 0 N–H and O–H groups in total. The Morgan fingerprint density at radius 1 is 1.10 bits per heavy atom. The Hall–Kier alpha value is -2.66. The molecule has 0 bridgehead atoms. The molecule has 1 atom stereocenters. The van der Waals surface area contributed by atoms with Crippen LogP contribution in [0.15, 0.2) is 47.4 Å². The summed E-state index contributed by atoms with van der Waals surface area (Å²) in [6.07, 6.45) is -4.70. The number of nitro groups is 1. The lowest BCUT2D eigenvalue weighted by molar-refractivity contribution is -0.384. The monoisotopic (exact) mass is 443 g/mol. The molecular formula is C19H20F3N3O4S. The summed E-state index contributed by atoms with van der Waals surface area (Å²) in [4.78, 5) is 12.2. The van der Waals surface area contributed by atoms with E-state index in [-0.39, 0.29) is 30.2 Å². The van der Waals surface area contributed by atoms with Crippen LogP contribution in [0, 0.1) is 17.0 Å². The van der Waals surface area contributed by atoms with Crippen molar-refractivity contribution < 1.29 is 26.5 Å². The Balaban J connectivity index is 1.86. The van der Waals surface area contributed by atoms with Crippen LogP contribution in [-0.2, 0) is 16.2 Å². The fourth-order valence-corrected chi connectivity index (χ4v) is 5.09. The molecule has 3 rings (SSSR count). The normalized spacial score (nSPS) is 18.4. The van der Waals surface area contributed by atoms with Crippen LogP contribution in [0.25, 0.3) is 0 Å². The highest BCUT2D eigenvalue weighted by Gasteiger charge is 2.37. The van der Waals surface area contributed by atoms with E-state index in [2.05, 4.69) is 0 Å². The van der Waals surface area contributed by atoms with E-state index in [1.807, 2.05) is 6.92 Å². The predicted molar refractivity (Wildman–Crippen MR) is 105 cm³/mol. The van der Waals surface area contributed by atoms with Gasteiger partial charge in [0.2, 0.25) is 10.0 Å². The average Bonchev–Trinajstić information content (AvgIpc) is 2.66. The minimum Gasteiger partial charge on any atom is -0.363 e. The van der Waals surface area contributed by atoms with Crippen LogP contribution in [0.3, 0.4) is 0 Å². The molecule has 162 valence electrons. The molecule has 0 radical (unpaired) electrons. The van der Waals surface area contributed by atoms with E-state index in [0.717, 1.165) is 17.7 Å². The minimum atomic E-state index is -4.70. The Morgan fingerprint density at radius 3 is 2.27 bits per heavy atom. The standard InChI is InChI=1S/C19H20F3N3O4S/c1-13-3-6-16(7-4-13)30(28,29)24-10-9-23(12-14(24)2)17-8-5-15(19(20,21)22)11-18(17)25(26)27/h3-8,11,14H,9-10,12H2,1-2H3. The van der Waals surface area contributed by atoms with Crippen LogP contribution in [0.4, 0.5) is 24.5 Å². The number of sulfonamides is 1. The quantitative estimate of drug-likeness (QED) is 0.530. The molecule has 2 aromatic rings. The Kier molecular flexibility index (Phi) is 5.79. The number of piperazine rings is 1. The number of hydrogen-bond acceptors (Lipinski definition) is 5. The van der Waals surface area contributed by atoms with Gasteiger partial charge in [0.05, 0.1) is 15.4 Å². The number of alkyl halides is 3. The summed E-state index contributed by atoms with van der Waals surface area (Å²) in [5, 5.41) is 11.4. The van der Waals surface area contributed by atoms with Crippen molar-refractivity contribution in [2.45, 2.75) is 31.0 Å². The van der Waals surface area contributed by atoms with Gasteiger partial charge in [0.1, 0.15) is 5.69 Å². The third-order valence-corrected chi connectivity index (χ3v) is 7.06. The second-order valence-electron chi connectivity index (χ2n) is 7.18. The van der Waals surface area contributed by atoms with E-state index in [9.17, 15) is 31.7 Å². The van der Waals surface area contributed by atoms with Gasteiger partial charge in [-0.1, -0.05) is 17.7 Å². The van der Waals surface area contributed by atoms with Crippen molar-refractivity contribution in [1.29, 1.82) is 0 Å². The molecule has 11 heteroatoms. The fraction of sp³-hybridized carbons (Fsp3) is 0.368. The Bertz CT molecular complexity index is 1060. The third kappa shape index (κ3) is 4.26. The van der Waals surface area contributed by atoms with Gasteiger partial charge in [-0.25, -0.2) is 8.42 Å². The number of halogens is 3. The van der Waals surface area contributed by atoms with Crippen molar-refractivity contribution in [2.24, 2.45) is 0 Å². The van der Waals surface area contributed by atoms with Gasteiger partial charge in [0, 0.05) is 31.7 Å². The molecule has 1 saturated heterocycles. The zero-order valence-electron chi connectivity index (χ0n) is 16.3. The molecule has 1 fully saturated rings. The fourth-order valence-electron chi connectivity index (χ4n) is 3.48. The first-order valence-corrected chi connectivity index (χ1v) is 10.5. The summed E-state index contributed by atoms with van der Waals surface area (Å²) in [6, 6.07) is 8.26. The maximum atomic E-state index is 13.0. The summed E-state index contributed by atoms with van der Waals surface area (Å²) < 4.78 is 66.0. The molecule has 1 aliphatic rings. The molecule has 0 amide bonds. The van der Waals surface area contributed by atoms with Gasteiger partial charge in [-0.15, -0.1) is 0 Å². The van der Waals surface area contributed by atoms with Crippen molar-refractivity contribution in [3.63, 3.8) is 0 Å². The number of nitrogens with zero attached hydrogens (tertiary/aromatic N) is 3. The molecule has 2 aromatic carbocycles. The predicted octanol–water partition coefficient (Wildman–Crippen LogP) is 3.82. The van der Waals surface area contributed by atoms with Gasteiger partial charge in [-0.3, -0.25) is 10.1 Å². The lowest BCUT2D eigenvalue weighted by atomic mass is 10.1. The largest absolute Gasteiger partial charge is 0.416 e. The summed E-state index contributed by atoms with van der Waals surface area (Å²) in [5.74, 6) is 0. The lowest BCUT2D eigenvalue weighted by Crippen LogP contribution is -2.54. The second-order valence-corrected chi connectivity index (χ2v) is 9.07. The van der Waals surface area contributed by atoms with Crippen LogP contribution in [0.1, 0.15) is 18.1 Å². The first kappa shape index (κ1) is 22.0. The van der Waals surface area contributed by atoms with Crippen LogP contribution in [-0.4, -0.2) is 43.3 Å². The highest BCUT2D eigenvalue weighted by atomic mass is 32.2. The van der Waals surface area contributed by atoms with Crippen molar-refractivity contribution in [3.05, 3.63) is 63.7 Å². The van der Waals surface area contributed by atoms with Crippen molar-refractivity contribution in [2.75, 3.05) is 24.5 Å². The maximum absolute atomic E-state index is 13.0. The van der Waals surface area contributed by atoms with Gasteiger partial charge in [0.15, 0.2) is 0 Å². The molecule has 0 saturated carbocycles. The number of aryl methyl sites for hydroxylation is 1. The summed E-state index contributed by atoms with van der Waals surface area (Å²) >= 11 is 0. The van der Waals surface area contributed by atoms with Gasteiger partial charge in [0.25, 0.3) is 5.69 Å². The molecule has 0 aliphatic carbocycles. The molecule has 1 aliphatic heterocycles. The smallest absolute Gasteiger partial charge is 0.363 e. The SMILES string of the molecule is Cc1ccc(S(=O)(=O)N2CCN(c3ccc(C(F)(F)F)cc3[N+](=O)[O-])CC2C)cc1. The van der Waals surface area contributed by atoms with E-state index >= 15 is 0 Å². The zero-order chi connectivity index (χ0) is 22.3. The molecular weight excluding hydrogens is 423 g/mol. The number of hydrogen-bond donors (Lipinski definition) is 0. The molecule has 1 heterocycles. The van der Waals surface area contributed by atoms with Crippen LogP contribution < -0.4 is 4.90 Å². The van der Waals surface area contributed by atoms with Gasteiger partial charge in [-0.05, 0) is 38.1 Å². The second kappa shape index (κ2) is 7.88. The number of nitro benzene ring substituents is 1. The highest BCUT2D eigenvalue weighted by Crippen LogP contribution is 2.37. The third-order valence-electron chi connectivity index (χ3n) is 5.03. The van der Waals surface area contributed by atoms with E-state index in [1.165, 1.54) is 16.4 Å². The lowest BCUT2D eigenvalue weighted by Gasteiger charge is -2.39. The van der Waals surface area contributed by atoms with Crippen molar-refractivity contribution >= 4 is 21.4 Å². The van der Waals surface area contributed by atoms with E-state index in [0.29, 0.717) is 6.07 Å². The number of benzene rings is 2. The van der Waals surface area contributed by atoms with Gasteiger partial charge >= 0.3 is 6.18 Å². The summed E-state index contributed by atoms with van der Waals surface area (Å²) in [7, 11) is -3.76. The zero-order valence-corrected chi connectivity index (χ0v) is 17.1. The van der Waals surface area contributed by atoms with Crippen LogP contribution >= 0.6 is 0 Å². The molecule has 1 unspecified atom stereocenters. The van der Waals surface area contributed by atoms with Crippen molar-refractivity contribution in [3.8, 4) is 0 Å². The first-order chi connectivity index (χ1) is 13.9. The van der Waals surface area contributed by atoms with E-state index in [1.54, 1.807) is 24.0 Å². The van der Waals surface area contributed by atoms with E-state index < -0.39 is 38.4 Å². The molecule has 7 nitrogen and oxygen atoms in total. The van der Waals surface area contributed by atoms with Gasteiger partial charge < -0.3 is 4.90 Å². The molecule has 30 heavy (non-hydrogen) atoms. The highest BCUT2D eigenvalue weighted by molar-refractivity contribution is 7.89. The van der Waals surface area contributed by atoms with Crippen LogP contribution in [0.2, 0.25) is 0 Å². The maximum Gasteiger partial charge on any atom is 0.416 e. The Labute approximate surface area is 171 Å². The van der Waals surface area contributed by atoms with E-state index in [4.69, 9.17) is 0 Å². The van der Waals surface area contributed by atoms with Gasteiger partial charge in [-0.2, -0.15) is 17.5 Å². The van der Waals surface area contributed by atoms with Crippen LogP contribution in [0.5, 0.6) is 0 Å². The first-order valence-electron chi connectivity index (χ1n) is 9.10. The topological polar surface area (TPSA) is 83.8 Å². The summed E-state index contributed by atoms with van der Waals surface area (Å²) in [5.41, 5.74) is -0.813. The number of anilines is 1.